The molecule has 2 radical (unpaired) electrons. The molecule has 2 unspecified atom stereocenters. The standard InChI is InChI=1S/C17H30BNO/c1-12(2)9-17(11-20-5)10-14-15(18)7-6-8-16(14)19(17)13(3)4/h12-13,15H,6-11H2,1-5H3. The first kappa shape index (κ1) is 15.9. The molecule has 0 saturated carbocycles. The number of hydrogen-bond acceptors (Lipinski definition) is 2. The van der Waals surface area contributed by atoms with Crippen molar-refractivity contribution in [1.82, 2.24) is 4.90 Å². The molecule has 0 aromatic rings. The molecule has 3 heteroatoms. The smallest absolute Gasteiger partial charge is 0.0760 e. The second kappa shape index (κ2) is 6.13. The van der Waals surface area contributed by atoms with Gasteiger partial charge in [-0.25, -0.2) is 0 Å². The Hall–Kier alpha value is -0.435. The van der Waals surface area contributed by atoms with Crippen molar-refractivity contribution < 1.29 is 4.74 Å². The molecule has 20 heavy (non-hydrogen) atoms. The molecule has 2 rings (SSSR count). The fourth-order valence-electron chi connectivity index (χ4n) is 4.51. The van der Waals surface area contributed by atoms with Gasteiger partial charge in [-0.3, -0.25) is 0 Å². The third-order valence-corrected chi connectivity index (χ3v) is 4.79. The van der Waals surface area contributed by atoms with Crippen molar-refractivity contribution in [2.75, 3.05) is 13.7 Å². The molecule has 0 spiro atoms. The topological polar surface area (TPSA) is 12.5 Å². The Labute approximate surface area is 126 Å². The van der Waals surface area contributed by atoms with E-state index >= 15 is 0 Å². The lowest BCUT2D eigenvalue weighted by Crippen LogP contribution is -2.52. The van der Waals surface area contributed by atoms with E-state index in [1.54, 1.807) is 0 Å². The Bertz CT molecular complexity index is 377. The summed E-state index contributed by atoms with van der Waals surface area (Å²) in [6.45, 7) is 10.0. The van der Waals surface area contributed by atoms with Crippen LogP contribution >= 0.6 is 0 Å². The van der Waals surface area contributed by atoms with Gasteiger partial charge in [0.2, 0.25) is 0 Å². The molecule has 0 aromatic heterocycles. The first-order chi connectivity index (χ1) is 9.41. The van der Waals surface area contributed by atoms with E-state index in [9.17, 15) is 0 Å². The minimum Gasteiger partial charge on any atom is -0.382 e. The van der Waals surface area contributed by atoms with Crippen LogP contribution in [0.25, 0.3) is 0 Å². The van der Waals surface area contributed by atoms with E-state index in [1.165, 1.54) is 30.5 Å². The summed E-state index contributed by atoms with van der Waals surface area (Å²) in [4.78, 5) is 2.66. The van der Waals surface area contributed by atoms with Crippen molar-refractivity contribution in [2.45, 2.75) is 77.2 Å². The molecule has 0 bridgehead atoms. The van der Waals surface area contributed by atoms with Gasteiger partial charge in [0.15, 0.2) is 0 Å². The van der Waals surface area contributed by atoms with Crippen LogP contribution in [0.15, 0.2) is 11.3 Å². The largest absolute Gasteiger partial charge is 0.382 e. The summed E-state index contributed by atoms with van der Waals surface area (Å²) in [7, 11) is 8.24. The predicted molar refractivity (Wildman–Crippen MR) is 86.0 cm³/mol. The molecule has 1 aliphatic carbocycles. The van der Waals surface area contributed by atoms with Gasteiger partial charge in [-0.05, 0) is 45.4 Å². The Kier molecular flexibility index (Phi) is 4.89. The monoisotopic (exact) mass is 275 g/mol. The highest BCUT2D eigenvalue weighted by Gasteiger charge is 2.47. The van der Waals surface area contributed by atoms with E-state index in [0.717, 1.165) is 19.4 Å². The average Bonchev–Trinajstić information content (AvgIpc) is 2.63. The zero-order valence-electron chi connectivity index (χ0n) is 13.9. The summed E-state index contributed by atoms with van der Waals surface area (Å²) in [6.07, 6.45) is 5.86. The molecule has 0 saturated heterocycles. The quantitative estimate of drug-likeness (QED) is 0.705. The summed E-state index contributed by atoms with van der Waals surface area (Å²) in [5.41, 5.74) is 3.18. The van der Waals surface area contributed by atoms with Crippen LogP contribution in [-0.2, 0) is 4.74 Å². The Morgan fingerprint density at radius 3 is 2.60 bits per heavy atom. The highest BCUT2D eigenvalue weighted by atomic mass is 16.5. The minimum atomic E-state index is 0.129. The van der Waals surface area contributed by atoms with Crippen LogP contribution in [0.4, 0.5) is 0 Å². The van der Waals surface area contributed by atoms with Gasteiger partial charge in [-0.1, -0.05) is 31.7 Å². The maximum absolute atomic E-state index is 6.41. The zero-order valence-corrected chi connectivity index (χ0v) is 13.9. The van der Waals surface area contributed by atoms with Crippen molar-refractivity contribution in [3.05, 3.63) is 11.3 Å². The molecule has 112 valence electrons. The summed E-state index contributed by atoms with van der Waals surface area (Å²) in [6, 6.07) is 0.515. The van der Waals surface area contributed by atoms with Gasteiger partial charge in [-0.15, -0.1) is 0 Å². The predicted octanol–water partition coefficient (Wildman–Crippen LogP) is 3.93. The molecule has 0 aromatic carbocycles. The summed E-state index contributed by atoms with van der Waals surface area (Å²) >= 11 is 0. The summed E-state index contributed by atoms with van der Waals surface area (Å²) < 4.78 is 5.64. The van der Waals surface area contributed by atoms with Crippen LogP contribution in [0.5, 0.6) is 0 Å². The van der Waals surface area contributed by atoms with E-state index < -0.39 is 0 Å². The molecule has 0 amide bonds. The number of ether oxygens (including phenoxy) is 1. The lowest BCUT2D eigenvalue weighted by Gasteiger charge is -2.45. The number of nitrogens with zero attached hydrogens (tertiary/aromatic N) is 1. The van der Waals surface area contributed by atoms with E-state index in [-0.39, 0.29) is 11.4 Å². The van der Waals surface area contributed by atoms with Crippen LogP contribution in [0, 0.1) is 5.92 Å². The third-order valence-electron chi connectivity index (χ3n) is 4.79. The van der Waals surface area contributed by atoms with Crippen LogP contribution in [0.1, 0.15) is 59.8 Å². The van der Waals surface area contributed by atoms with Crippen molar-refractivity contribution in [3.63, 3.8) is 0 Å². The minimum absolute atomic E-state index is 0.129. The molecule has 2 aliphatic rings. The third kappa shape index (κ3) is 2.79. The first-order valence-corrected chi connectivity index (χ1v) is 8.17. The molecule has 1 aliphatic heterocycles. The van der Waals surface area contributed by atoms with Crippen molar-refractivity contribution in [2.24, 2.45) is 5.92 Å². The normalized spacial score (nSPS) is 30.6. The number of methoxy groups -OCH3 is 1. The lowest BCUT2D eigenvalue weighted by atomic mass is 9.71. The maximum atomic E-state index is 6.41. The number of hydrogen-bond donors (Lipinski definition) is 0. The lowest BCUT2D eigenvalue weighted by molar-refractivity contribution is 0.0119. The van der Waals surface area contributed by atoms with Crippen molar-refractivity contribution in [3.8, 4) is 0 Å². The fraction of sp³-hybridized carbons (Fsp3) is 0.882. The van der Waals surface area contributed by atoms with E-state index in [1.807, 2.05) is 7.11 Å². The molecule has 0 N–H and O–H groups in total. The Morgan fingerprint density at radius 2 is 2.05 bits per heavy atom. The Morgan fingerprint density at radius 1 is 1.35 bits per heavy atom. The zero-order chi connectivity index (χ0) is 14.9. The average molecular weight is 275 g/mol. The molecular formula is C17H30BNO. The van der Waals surface area contributed by atoms with Crippen LogP contribution in [-0.4, -0.2) is 38.0 Å². The van der Waals surface area contributed by atoms with Gasteiger partial charge in [0.1, 0.15) is 0 Å². The molecule has 2 nitrogen and oxygen atoms in total. The van der Waals surface area contributed by atoms with Crippen LogP contribution < -0.4 is 0 Å². The summed E-state index contributed by atoms with van der Waals surface area (Å²) in [5.74, 6) is 0.940. The van der Waals surface area contributed by atoms with Gasteiger partial charge < -0.3 is 9.64 Å². The molecular weight excluding hydrogens is 245 g/mol. The second-order valence-corrected chi connectivity index (χ2v) is 7.37. The number of rotatable bonds is 5. The van der Waals surface area contributed by atoms with E-state index in [2.05, 4.69) is 32.6 Å². The van der Waals surface area contributed by atoms with Gasteiger partial charge in [-0.2, -0.15) is 0 Å². The van der Waals surface area contributed by atoms with Gasteiger partial charge in [0.25, 0.3) is 0 Å². The van der Waals surface area contributed by atoms with E-state index in [0.29, 0.717) is 12.0 Å². The Balaban J connectivity index is 2.38. The second-order valence-electron chi connectivity index (χ2n) is 7.37. The molecule has 0 fully saturated rings. The summed E-state index contributed by atoms with van der Waals surface area (Å²) in [5, 5.41) is 0. The van der Waals surface area contributed by atoms with Crippen molar-refractivity contribution >= 4 is 7.85 Å². The van der Waals surface area contributed by atoms with Gasteiger partial charge in [0, 0.05) is 18.8 Å². The molecule has 1 heterocycles. The van der Waals surface area contributed by atoms with Crippen molar-refractivity contribution in [1.29, 1.82) is 0 Å². The van der Waals surface area contributed by atoms with E-state index in [4.69, 9.17) is 12.6 Å². The SMILES string of the molecule is [B]C1CCCC2=C1CC(COC)(CC(C)C)N2C(C)C. The van der Waals surface area contributed by atoms with Crippen LogP contribution in [0.2, 0.25) is 5.82 Å². The first-order valence-electron chi connectivity index (χ1n) is 8.17. The fourth-order valence-corrected chi connectivity index (χ4v) is 4.51. The van der Waals surface area contributed by atoms with Crippen LogP contribution in [0.3, 0.4) is 0 Å². The molecule has 2 atom stereocenters. The van der Waals surface area contributed by atoms with Gasteiger partial charge in [0.05, 0.1) is 20.0 Å². The number of allylic oxidation sites excluding steroid dienone is 1. The van der Waals surface area contributed by atoms with Gasteiger partial charge >= 0.3 is 0 Å². The maximum Gasteiger partial charge on any atom is 0.0760 e. The highest BCUT2D eigenvalue weighted by Crippen LogP contribution is 2.50. The highest BCUT2D eigenvalue weighted by molar-refractivity contribution is 6.13.